The number of rotatable bonds is 8. The molecule has 0 saturated heterocycles. The summed E-state index contributed by atoms with van der Waals surface area (Å²) < 4.78 is 117. The molecule has 0 aliphatic heterocycles. The molecule has 1 fully saturated rings. The number of aryl methyl sites for hydroxylation is 1. The lowest BCUT2D eigenvalue weighted by Crippen LogP contribution is -2.25. The fourth-order valence-electron chi connectivity index (χ4n) is 4.37. The summed E-state index contributed by atoms with van der Waals surface area (Å²) in [6, 6.07) is 12.8. The van der Waals surface area contributed by atoms with Crippen molar-refractivity contribution in [3.8, 4) is 28.0 Å². The van der Waals surface area contributed by atoms with E-state index in [1.165, 1.54) is 36.6 Å². The molecule has 4 aromatic rings. The fourth-order valence-corrected chi connectivity index (χ4v) is 4.37. The molecule has 1 nitrogen and oxygen atoms in total. The highest BCUT2D eigenvalue weighted by molar-refractivity contribution is 5.71. The van der Waals surface area contributed by atoms with Gasteiger partial charge in [0.15, 0.2) is 17.5 Å². The van der Waals surface area contributed by atoms with Gasteiger partial charge in [-0.25, -0.2) is 26.3 Å². The molecule has 5 rings (SSSR count). The average molecular weight is 548 g/mol. The van der Waals surface area contributed by atoms with Gasteiger partial charge in [-0.3, -0.25) is 0 Å². The number of ether oxygens (including phenoxy) is 1. The SMILES string of the molecule is Fc1cc(-c2ccc(CCC3CC3)cc2)ccc1-c1cc(F)c(C(F)(F)Oc2cc(F)c(F)c(F)c2)c(F)c1. The molecule has 1 aliphatic rings. The molecule has 202 valence electrons. The normalized spacial score (nSPS) is 13.5. The number of alkyl halides is 2. The highest BCUT2D eigenvalue weighted by atomic mass is 19.3. The molecule has 0 N–H and O–H groups in total. The smallest absolute Gasteiger partial charge is 0.429 e. The van der Waals surface area contributed by atoms with Gasteiger partial charge < -0.3 is 4.74 Å². The Morgan fingerprint density at radius 1 is 0.641 bits per heavy atom. The van der Waals surface area contributed by atoms with Crippen molar-refractivity contribution in [2.24, 2.45) is 5.92 Å². The number of benzene rings is 4. The molecule has 0 aromatic heterocycles. The van der Waals surface area contributed by atoms with Gasteiger partial charge in [-0.05, 0) is 59.2 Å². The summed E-state index contributed by atoms with van der Waals surface area (Å²) in [4.78, 5) is 0. The van der Waals surface area contributed by atoms with Crippen molar-refractivity contribution in [3.63, 3.8) is 0 Å². The summed E-state index contributed by atoms with van der Waals surface area (Å²) in [7, 11) is 0. The average Bonchev–Trinajstić information content (AvgIpc) is 3.70. The topological polar surface area (TPSA) is 9.23 Å². The van der Waals surface area contributed by atoms with Gasteiger partial charge >= 0.3 is 6.11 Å². The maximum Gasteiger partial charge on any atom is 0.432 e. The predicted octanol–water partition coefficient (Wildman–Crippen LogP) is 9.33. The molecule has 4 aromatic carbocycles. The molecule has 0 spiro atoms. The van der Waals surface area contributed by atoms with E-state index in [-0.39, 0.29) is 23.3 Å². The highest BCUT2D eigenvalue weighted by Crippen LogP contribution is 2.38. The number of halogens is 8. The van der Waals surface area contributed by atoms with Crippen LogP contribution in [0, 0.1) is 40.8 Å². The van der Waals surface area contributed by atoms with E-state index in [0.29, 0.717) is 17.7 Å². The van der Waals surface area contributed by atoms with Crippen LogP contribution >= 0.6 is 0 Å². The van der Waals surface area contributed by atoms with Gasteiger partial charge in [-0.1, -0.05) is 49.2 Å². The molecule has 0 atom stereocenters. The van der Waals surface area contributed by atoms with Gasteiger partial charge in [-0.15, -0.1) is 0 Å². The van der Waals surface area contributed by atoms with Gasteiger partial charge in [0.25, 0.3) is 0 Å². The van der Waals surface area contributed by atoms with Gasteiger partial charge in [0.1, 0.15) is 28.8 Å². The van der Waals surface area contributed by atoms with Crippen molar-refractivity contribution in [3.05, 3.63) is 113 Å². The van der Waals surface area contributed by atoms with Gasteiger partial charge in [-0.2, -0.15) is 8.78 Å². The Kier molecular flexibility index (Phi) is 7.09. The van der Waals surface area contributed by atoms with E-state index >= 15 is 0 Å². The number of hydrogen-bond acceptors (Lipinski definition) is 1. The standard InChI is InChI=1S/C30H20F8O/c31-23-11-19(18-7-5-17(6-8-18)4-3-16-1-2-16)9-10-22(23)20-12-24(32)28(25(33)13-20)30(37,38)39-21-14-26(34)29(36)27(35)15-21/h5-16H,1-4H2. The summed E-state index contributed by atoms with van der Waals surface area (Å²) in [6.07, 6.45) is -0.0937. The fraction of sp³-hybridized carbons (Fsp3) is 0.200. The van der Waals surface area contributed by atoms with Crippen LogP contribution in [-0.4, -0.2) is 0 Å². The molecule has 0 amide bonds. The van der Waals surface area contributed by atoms with E-state index in [2.05, 4.69) is 4.74 Å². The largest absolute Gasteiger partial charge is 0.432 e. The second kappa shape index (κ2) is 10.4. The van der Waals surface area contributed by atoms with Crippen LogP contribution in [0.2, 0.25) is 0 Å². The van der Waals surface area contributed by atoms with E-state index in [1.807, 2.05) is 24.3 Å². The molecule has 39 heavy (non-hydrogen) atoms. The Morgan fingerprint density at radius 2 is 1.21 bits per heavy atom. The van der Waals surface area contributed by atoms with Crippen LogP contribution in [0.5, 0.6) is 5.75 Å². The third kappa shape index (κ3) is 5.77. The van der Waals surface area contributed by atoms with Gasteiger partial charge in [0.2, 0.25) is 0 Å². The molecule has 9 heteroatoms. The molecule has 0 unspecified atom stereocenters. The van der Waals surface area contributed by atoms with Crippen LogP contribution < -0.4 is 4.74 Å². The Labute approximate surface area is 218 Å². The van der Waals surface area contributed by atoms with Crippen molar-refractivity contribution >= 4 is 0 Å². The lowest BCUT2D eigenvalue weighted by molar-refractivity contribution is -0.189. The summed E-state index contributed by atoms with van der Waals surface area (Å²) in [5.74, 6) is -10.4. The van der Waals surface area contributed by atoms with Crippen LogP contribution in [0.4, 0.5) is 35.1 Å². The van der Waals surface area contributed by atoms with Crippen molar-refractivity contribution in [2.75, 3.05) is 0 Å². The second-order valence-electron chi connectivity index (χ2n) is 9.51. The minimum atomic E-state index is -4.74. The molecule has 1 aliphatic carbocycles. The van der Waals surface area contributed by atoms with E-state index in [1.54, 1.807) is 0 Å². The Bertz CT molecular complexity index is 1480. The Balaban J connectivity index is 1.38. The molecule has 1 saturated carbocycles. The Hall–Kier alpha value is -3.88. The summed E-state index contributed by atoms with van der Waals surface area (Å²) in [5, 5.41) is 0. The molecule has 0 bridgehead atoms. The first-order valence-electron chi connectivity index (χ1n) is 12.1. The Morgan fingerprint density at radius 3 is 1.77 bits per heavy atom. The van der Waals surface area contributed by atoms with Crippen molar-refractivity contribution in [2.45, 2.75) is 31.8 Å². The third-order valence-corrected chi connectivity index (χ3v) is 6.64. The maximum atomic E-state index is 15.0. The van der Waals surface area contributed by atoms with Crippen molar-refractivity contribution < 1.29 is 39.9 Å². The van der Waals surface area contributed by atoms with Crippen LogP contribution in [0.3, 0.4) is 0 Å². The minimum absolute atomic E-state index is 0.106. The van der Waals surface area contributed by atoms with Crippen LogP contribution in [-0.2, 0) is 12.5 Å². The van der Waals surface area contributed by atoms with Crippen molar-refractivity contribution in [1.29, 1.82) is 0 Å². The minimum Gasteiger partial charge on any atom is -0.429 e. The zero-order valence-corrected chi connectivity index (χ0v) is 20.2. The predicted molar refractivity (Wildman–Crippen MR) is 129 cm³/mol. The zero-order valence-electron chi connectivity index (χ0n) is 20.2. The van der Waals surface area contributed by atoms with E-state index < -0.39 is 52.3 Å². The first-order chi connectivity index (χ1) is 18.5. The van der Waals surface area contributed by atoms with E-state index in [9.17, 15) is 35.1 Å². The number of hydrogen-bond donors (Lipinski definition) is 0. The third-order valence-electron chi connectivity index (χ3n) is 6.64. The van der Waals surface area contributed by atoms with Crippen LogP contribution in [0.1, 0.15) is 30.4 Å². The summed E-state index contributed by atoms with van der Waals surface area (Å²) >= 11 is 0. The monoisotopic (exact) mass is 548 g/mol. The lowest BCUT2D eigenvalue weighted by atomic mass is 9.97. The molecular formula is C30H20F8O. The van der Waals surface area contributed by atoms with Crippen molar-refractivity contribution in [1.82, 2.24) is 0 Å². The van der Waals surface area contributed by atoms with E-state index in [0.717, 1.165) is 24.3 Å². The zero-order chi connectivity index (χ0) is 27.9. The van der Waals surface area contributed by atoms with Crippen LogP contribution in [0.25, 0.3) is 22.3 Å². The molecule has 0 heterocycles. The second-order valence-corrected chi connectivity index (χ2v) is 9.51. The highest BCUT2D eigenvalue weighted by Gasteiger charge is 2.41. The first-order valence-corrected chi connectivity index (χ1v) is 12.1. The summed E-state index contributed by atoms with van der Waals surface area (Å²) in [5.41, 5.74) is -0.0477. The maximum absolute atomic E-state index is 15.0. The summed E-state index contributed by atoms with van der Waals surface area (Å²) in [6.45, 7) is 0. The molecule has 0 radical (unpaired) electrons. The van der Waals surface area contributed by atoms with E-state index in [4.69, 9.17) is 0 Å². The quantitative estimate of drug-likeness (QED) is 0.158. The van der Waals surface area contributed by atoms with Gasteiger partial charge in [0, 0.05) is 17.7 Å². The van der Waals surface area contributed by atoms with Crippen LogP contribution in [0.15, 0.2) is 66.7 Å². The molecular weight excluding hydrogens is 528 g/mol. The first kappa shape index (κ1) is 26.7. The van der Waals surface area contributed by atoms with Gasteiger partial charge in [0.05, 0.1) is 0 Å². The lowest BCUT2D eigenvalue weighted by Gasteiger charge is -2.20.